The Morgan fingerprint density at radius 2 is 1.63 bits per heavy atom. The van der Waals surface area contributed by atoms with Crippen LogP contribution in [-0.2, 0) is 16.0 Å². The molecule has 1 N–H and O–H groups in total. The number of ether oxygens (including phenoxy) is 2. The van der Waals surface area contributed by atoms with Crippen molar-refractivity contribution in [1.82, 2.24) is 9.80 Å². The Balaban J connectivity index is 1.39. The normalized spacial score (nSPS) is 18.4. The fourth-order valence-electron chi connectivity index (χ4n) is 5.86. The van der Waals surface area contributed by atoms with Gasteiger partial charge in [0.25, 0.3) is 0 Å². The van der Waals surface area contributed by atoms with Crippen molar-refractivity contribution in [1.29, 1.82) is 0 Å². The lowest BCUT2D eigenvalue weighted by molar-refractivity contribution is -0.00922. The number of benzene rings is 2. The first-order valence-electron chi connectivity index (χ1n) is 14.0. The molecule has 1 fully saturated rings. The van der Waals surface area contributed by atoms with E-state index in [0.29, 0.717) is 19.4 Å². The van der Waals surface area contributed by atoms with E-state index in [1.165, 1.54) is 0 Å². The second kappa shape index (κ2) is 11.6. The van der Waals surface area contributed by atoms with E-state index in [4.69, 9.17) is 9.47 Å². The van der Waals surface area contributed by atoms with Crippen molar-refractivity contribution < 1.29 is 29.0 Å². The first kappa shape index (κ1) is 28.7. The molecule has 3 aromatic rings. The van der Waals surface area contributed by atoms with Crippen LogP contribution in [0.5, 0.6) is 0 Å². The van der Waals surface area contributed by atoms with Crippen LogP contribution in [0.4, 0.5) is 9.59 Å². The largest absolute Gasteiger partial charge is 0.477 e. The van der Waals surface area contributed by atoms with Crippen LogP contribution in [0, 0.1) is 0 Å². The Labute approximate surface area is 244 Å². The lowest BCUT2D eigenvalue weighted by Gasteiger charge is -2.44. The van der Waals surface area contributed by atoms with E-state index in [1.54, 1.807) is 21.9 Å². The molecule has 5 rings (SSSR count). The second-order valence-corrected chi connectivity index (χ2v) is 12.8. The van der Waals surface area contributed by atoms with Crippen molar-refractivity contribution in [3.05, 3.63) is 81.5 Å². The summed E-state index contributed by atoms with van der Waals surface area (Å²) in [5.74, 6) is -1.09. The predicted octanol–water partition coefficient (Wildman–Crippen LogP) is 6.99. The number of amides is 2. The van der Waals surface area contributed by atoms with Crippen LogP contribution in [0.1, 0.15) is 72.1 Å². The first-order valence-corrected chi connectivity index (χ1v) is 14.8. The van der Waals surface area contributed by atoms with Gasteiger partial charge in [0, 0.05) is 17.3 Å². The maximum Gasteiger partial charge on any atom is 0.410 e. The van der Waals surface area contributed by atoms with Crippen molar-refractivity contribution >= 4 is 29.5 Å². The molecule has 1 saturated heterocycles. The van der Waals surface area contributed by atoms with E-state index in [-0.39, 0.29) is 36.0 Å². The minimum atomic E-state index is -1.00. The van der Waals surface area contributed by atoms with Crippen LogP contribution < -0.4 is 0 Å². The molecule has 0 bridgehead atoms. The number of carbonyl (C=O) groups is 3. The molecule has 2 atom stereocenters. The summed E-state index contributed by atoms with van der Waals surface area (Å²) in [6.45, 7) is 8.31. The minimum absolute atomic E-state index is 0.0874. The number of carbonyl (C=O) groups excluding carboxylic acids is 2. The third kappa shape index (κ3) is 6.10. The molecule has 8 nitrogen and oxygen atoms in total. The summed E-state index contributed by atoms with van der Waals surface area (Å²) in [7, 11) is 0. The zero-order valence-corrected chi connectivity index (χ0v) is 24.6. The number of aromatic carboxylic acids is 1. The fraction of sp³-hybridized carbons (Fsp3) is 0.406. The quantitative estimate of drug-likeness (QED) is 0.340. The molecule has 216 valence electrons. The maximum atomic E-state index is 13.9. The summed E-state index contributed by atoms with van der Waals surface area (Å²) >= 11 is 1.14. The van der Waals surface area contributed by atoms with Gasteiger partial charge < -0.3 is 19.5 Å². The molecule has 0 unspecified atom stereocenters. The van der Waals surface area contributed by atoms with Gasteiger partial charge in [0.05, 0.1) is 18.6 Å². The molecule has 1 aromatic heterocycles. The summed E-state index contributed by atoms with van der Waals surface area (Å²) in [6, 6.07) is 19.0. The van der Waals surface area contributed by atoms with E-state index < -0.39 is 23.8 Å². The average molecular weight is 577 g/mol. The number of nitrogens with zero attached hydrogens (tertiary/aromatic N) is 2. The Hall–Kier alpha value is -3.85. The van der Waals surface area contributed by atoms with Gasteiger partial charge in [-0.25, -0.2) is 14.4 Å². The van der Waals surface area contributed by atoms with Gasteiger partial charge in [-0.15, -0.1) is 11.3 Å². The number of carboxylic acid groups (broad SMARTS) is 1. The molecule has 2 aliphatic rings. The smallest absolute Gasteiger partial charge is 0.410 e. The summed E-state index contributed by atoms with van der Waals surface area (Å²) in [5.41, 5.74) is 3.91. The van der Waals surface area contributed by atoms with Crippen LogP contribution in [0.3, 0.4) is 0 Å². The molecule has 2 aromatic carbocycles. The average Bonchev–Trinajstić information content (AvgIpc) is 3.53. The Bertz CT molecular complexity index is 1400. The molecule has 2 heterocycles. The molecular formula is C32H36N2O6S. The third-order valence-electron chi connectivity index (χ3n) is 7.74. The summed E-state index contributed by atoms with van der Waals surface area (Å²) in [4.78, 5) is 42.7. The van der Waals surface area contributed by atoms with Crippen molar-refractivity contribution in [3.8, 4) is 11.1 Å². The van der Waals surface area contributed by atoms with Gasteiger partial charge in [0.15, 0.2) is 0 Å². The van der Waals surface area contributed by atoms with Crippen LogP contribution in [-0.4, -0.2) is 63.9 Å². The van der Waals surface area contributed by atoms with E-state index in [2.05, 4.69) is 24.3 Å². The van der Waals surface area contributed by atoms with Gasteiger partial charge in [0.2, 0.25) is 0 Å². The number of hydrogen-bond donors (Lipinski definition) is 1. The van der Waals surface area contributed by atoms with Gasteiger partial charge in [0.1, 0.15) is 17.1 Å². The maximum absolute atomic E-state index is 13.9. The molecule has 1 aliphatic heterocycles. The van der Waals surface area contributed by atoms with Crippen molar-refractivity contribution in [2.75, 3.05) is 13.2 Å². The summed E-state index contributed by atoms with van der Waals surface area (Å²) < 4.78 is 11.7. The summed E-state index contributed by atoms with van der Waals surface area (Å²) in [6.07, 6.45) is 0.486. The van der Waals surface area contributed by atoms with Gasteiger partial charge in [-0.3, -0.25) is 4.90 Å². The number of fused-ring (bicyclic) bond motifs is 3. The van der Waals surface area contributed by atoms with Crippen LogP contribution >= 0.6 is 11.3 Å². The van der Waals surface area contributed by atoms with E-state index >= 15 is 0 Å². The highest BCUT2D eigenvalue weighted by Gasteiger charge is 2.40. The minimum Gasteiger partial charge on any atom is -0.477 e. The van der Waals surface area contributed by atoms with Gasteiger partial charge in [-0.05, 0) is 74.9 Å². The van der Waals surface area contributed by atoms with Crippen molar-refractivity contribution in [2.45, 2.75) is 70.7 Å². The Morgan fingerprint density at radius 1 is 1.00 bits per heavy atom. The monoisotopic (exact) mass is 576 g/mol. The number of thiophene rings is 1. The van der Waals surface area contributed by atoms with Crippen molar-refractivity contribution in [2.24, 2.45) is 0 Å². The van der Waals surface area contributed by atoms with Crippen LogP contribution in [0.15, 0.2) is 60.7 Å². The Kier molecular flexibility index (Phi) is 8.09. The highest BCUT2D eigenvalue weighted by Crippen LogP contribution is 2.44. The summed E-state index contributed by atoms with van der Waals surface area (Å²) in [5, 5.41) is 9.43. The first-order chi connectivity index (χ1) is 19.5. The standard InChI is InChI=1S/C32H36N2O6S/c1-20-27(14-9-17-33(20)31(38)40-32(2,3)4)34(18-21-15-16-28(41-21)29(35)36)30(37)39-19-26-24-12-7-5-10-22(24)23-11-6-8-13-25(23)26/h5-8,10-13,15-16,20,26-27H,9,14,17-19H2,1-4H3,(H,35,36)/t20-,27+/m1/s1. The zero-order valence-electron chi connectivity index (χ0n) is 23.8. The van der Waals surface area contributed by atoms with Crippen LogP contribution in [0.25, 0.3) is 11.1 Å². The highest BCUT2D eigenvalue weighted by atomic mass is 32.1. The molecule has 2 amide bonds. The highest BCUT2D eigenvalue weighted by molar-refractivity contribution is 7.13. The molecule has 41 heavy (non-hydrogen) atoms. The number of hydrogen-bond acceptors (Lipinski definition) is 6. The van der Waals surface area contributed by atoms with Crippen molar-refractivity contribution in [3.63, 3.8) is 0 Å². The molecule has 0 spiro atoms. The third-order valence-corrected chi connectivity index (χ3v) is 8.80. The molecule has 9 heteroatoms. The molecule has 1 aliphatic carbocycles. The second-order valence-electron chi connectivity index (χ2n) is 11.6. The molecule has 0 saturated carbocycles. The SMILES string of the molecule is C[C@@H]1[C@@H](N(Cc2ccc(C(=O)O)s2)C(=O)OCC2c3ccccc3-c3ccccc32)CCCN1C(=O)OC(C)(C)C. The van der Waals surface area contributed by atoms with E-state index in [1.807, 2.05) is 52.0 Å². The van der Waals surface area contributed by atoms with E-state index in [0.717, 1.165) is 38.5 Å². The lowest BCUT2D eigenvalue weighted by atomic mass is 9.96. The zero-order chi connectivity index (χ0) is 29.3. The topological polar surface area (TPSA) is 96.4 Å². The number of likely N-dealkylation sites (tertiary alicyclic amines) is 1. The predicted molar refractivity (Wildman–Crippen MR) is 157 cm³/mol. The van der Waals surface area contributed by atoms with Gasteiger partial charge in [-0.1, -0.05) is 48.5 Å². The molecular weight excluding hydrogens is 540 g/mol. The van der Waals surface area contributed by atoms with Gasteiger partial charge in [-0.2, -0.15) is 0 Å². The van der Waals surface area contributed by atoms with Crippen LogP contribution in [0.2, 0.25) is 0 Å². The lowest BCUT2D eigenvalue weighted by Crippen LogP contribution is -2.57. The number of rotatable bonds is 6. The molecule has 0 radical (unpaired) electrons. The van der Waals surface area contributed by atoms with E-state index in [9.17, 15) is 19.5 Å². The van der Waals surface area contributed by atoms with Gasteiger partial charge >= 0.3 is 18.2 Å². The number of piperidine rings is 1. The number of carboxylic acids is 1. The fourth-order valence-corrected chi connectivity index (χ4v) is 6.70. The Morgan fingerprint density at radius 3 is 2.22 bits per heavy atom.